The second kappa shape index (κ2) is 5.58. The van der Waals surface area contributed by atoms with E-state index in [2.05, 4.69) is 15.5 Å². The molecule has 0 bridgehead atoms. The van der Waals surface area contributed by atoms with Crippen LogP contribution in [-0.4, -0.2) is 26.9 Å². The summed E-state index contributed by atoms with van der Waals surface area (Å²) in [5.74, 6) is 0.502. The quantitative estimate of drug-likeness (QED) is 0.892. The summed E-state index contributed by atoms with van der Waals surface area (Å²) in [4.78, 5) is 15.6. The molecule has 1 heterocycles. The Balaban J connectivity index is 1.88. The van der Waals surface area contributed by atoms with Crippen molar-refractivity contribution < 1.29 is 18.8 Å². The summed E-state index contributed by atoms with van der Waals surface area (Å²) in [5, 5.41) is 15.7. The summed E-state index contributed by atoms with van der Waals surface area (Å²) < 4.78 is 18.5. The molecule has 0 aliphatic heterocycles. The minimum Gasteiger partial charge on any atom is -0.465 e. The minimum absolute atomic E-state index is 0.0592. The predicted molar refractivity (Wildman–Crippen MR) is 85.0 cm³/mol. The van der Waals surface area contributed by atoms with Crippen molar-refractivity contribution in [3.8, 4) is 11.4 Å². The van der Waals surface area contributed by atoms with E-state index in [0.29, 0.717) is 23.7 Å². The fourth-order valence-electron chi connectivity index (χ4n) is 3.49. The number of hydrogen-bond acceptors (Lipinski definition) is 4. The van der Waals surface area contributed by atoms with Crippen molar-refractivity contribution in [1.82, 2.24) is 15.5 Å². The number of aromatic nitrogens is 2. The molecule has 0 spiro atoms. The first-order valence-corrected chi connectivity index (χ1v) is 7.83. The van der Waals surface area contributed by atoms with Crippen LogP contribution < -0.4 is 5.32 Å². The Morgan fingerprint density at radius 1 is 1.33 bits per heavy atom. The van der Waals surface area contributed by atoms with Gasteiger partial charge >= 0.3 is 6.09 Å². The molecule has 2 atom stereocenters. The van der Waals surface area contributed by atoms with Gasteiger partial charge in [-0.05, 0) is 49.4 Å². The molecular formula is C17H20FN3O3. The number of benzene rings is 1. The summed E-state index contributed by atoms with van der Waals surface area (Å²) in [6.07, 6.45) is 0.392. The monoisotopic (exact) mass is 333 g/mol. The maximum Gasteiger partial charge on any atom is 0.405 e. The van der Waals surface area contributed by atoms with Crippen LogP contribution >= 0.6 is 0 Å². The zero-order chi connectivity index (χ0) is 17.5. The molecule has 24 heavy (non-hydrogen) atoms. The lowest BCUT2D eigenvalue weighted by Crippen LogP contribution is -2.53. The topological polar surface area (TPSA) is 88.3 Å². The Labute approximate surface area is 139 Å². The smallest absolute Gasteiger partial charge is 0.405 e. The summed E-state index contributed by atoms with van der Waals surface area (Å²) in [6, 6.07) is 5.89. The fourth-order valence-corrected chi connectivity index (χ4v) is 3.49. The van der Waals surface area contributed by atoms with Crippen LogP contribution in [0.3, 0.4) is 0 Å². The van der Waals surface area contributed by atoms with Crippen LogP contribution in [0.2, 0.25) is 0 Å². The Kier molecular flexibility index (Phi) is 3.81. The molecular weight excluding hydrogens is 313 g/mol. The molecule has 1 aliphatic carbocycles. The van der Waals surface area contributed by atoms with Gasteiger partial charge in [0, 0.05) is 17.0 Å². The van der Waals surface area contributed by atoms with Crippen molar-refractivity contribution in [3.63, 3.8) is 0 Å². The van der Waals surface area contributed by atoms with E-state index in [1.807, 2.05) is 20.8 Å². The number of halogens is 1. The number of nitrogens with one attached hydrogen (secondary N) is 1. The van der Waals surface area contributed by atoms with Crippen molar-refractivity contribution in [2.45, 2.75) is 45.1 Å². The molecule has 2 N–H and O–H groups in total. The lowest BCUT2D eigenvalue weighted by molar-refractivity contribution is 0.126. The van der Waals surface area contributed by atoms with Crippen LogP contribution in [0, 0.1) is 11.2 Å². The highest BCUT2D eigenvalue weighted by Gasteiger charge is 2.54. The molecule has 2 aromatic rings. The Hall–Kier alpha value is -2.44. The maximum absolute atomic E-state index is 13.0. The first kappa shape index (κ1) is 16.4. The minimum atomic E-state index is -1.04. The molecule has 0 radical (unpaired) electrons. The van der Waals surface area contributed by atoms with Gasteiger partial charge in [-0.1, -0.05) is 19.0 Å². The molecule has 0 saturated heterocycles. The van der Waals surface area contributed by atoms with E-state index in [9.17, 15) is 9.18 Å². The van der Waals surface area contributed by atoms with Gasteiger partial charge in [0.25, 0.3) is 0 Å². The van der Waals surface area contributed by atoms with Crippen LogP contribution in [0.15, 0.2) is 28.8 Å². The Morgan fingerprint density at radius 3 is 2.62 bits per heavy atom. The molecule has 1 aromatic heterocycles. The molecule has 1 amide bonds. The number of carbonyl (C=O) groups is 1. The SMILES string of the molecule is CC1(C)[C@@H](c2nc(-c3ccc(F)cc3)no2)CC[C@@]1(C)NC(=O)O. The number of hydrogen-bond donors (Lipinski definition) is 2. The van der Waals surface area contributed by atoms with E-state index in [-0.39, 0.29) is 11.7 Å². The number of rotatable bonds is 3. The van der Waals surface area contributed by atoms with Crippen LogP contribution in [-0.2, 0) is 0 Å². The average Bonchev–Trinajstić information content (AvgIpc) is 3.04. The van der Waals surface area contributed by atoms with E-state index in [4.69, 9.17) is 9.63 Å². The molecule has 1 aromatic carbocycles. The average molecular weight is 333 g/mol. The number of amides is 1. The van der Waals surface area contributed by atoms with E-state index < -0.39 is 17.0 Å². The van der Waals surface area contributed by atoms with Gasteiger partial charge in [0.05, 0.1) is 0 Å². The second-order valence-corrected chi connectivity index (χ2v) is 7.04. The number of nitrogens with zero attached hydrogens (tertiary/aromatic N) is 2. The van der Waals surface area contributed by atoms with Crippen molar-refractivity contribution in [1.29, 1.82) is 0 Å². The standard InChI is InChI=1S/C17H20FN3O3/c1-16(2)12(8-9-17(16,3)20-15(22)23)14-19-13(21-24-14)10-4-6-11(18)7-5-10/h4-7,12,20H,8-9H2,1-3H3,(H,22,23)/t12-,17-/m1/s1. The third-order valence-electron chi connectivity index (χ3n) is 5.45. The van der Waals surface area contributed by atoms with E-state index in [0.717, 1.165) is 6.42 Å². The molecule has 128 valence electrons. The van der Waals surface area contributed by atoms with Gasteiger partial charge in [0.1, 0.15) is 5.82 Å². The largest absolute Gasteiger partial charge is 0.465 e. The highest BCUT2D eigenvalue weighted by molar-refractivity contribution is 5.66. The second-order valence-electron chi connectivity index (χ2n) is 7.04. The third-order valence-corrected chi connectivity index (χ3v) is 5.45. The summed E-state index contributed by atoms with van der Waals surface area (Å²) in [5.41, 5.74) is -0.292. The van der Waals surface area contributed by atoms with E-state index in [1.165, 1.54) is 12.1 Å². The molecule has 1 fully saturated rings. The molecule has 1 saturated carbocycles. The number of carboxylic acid groups (broad SMARTS) is 1. The first-order chi connectivity index (χ1) is 11.2. The lowest BCUT2D eigenvalue weighted by atomic mass is 9.71. The summed E-state index contributed by atoms with van der Waals surface area (Å²) in [6.45, 7) is 5.91. The summed E-state index contributed by atoms with van der Waals surface area (Å²) >= 11 is 0. The Bertz CT molecular complexity index is 757. The van der Waals surface area contributed by atoms with Crippen LogP contribution in [0.25, 0.3) is 11.4 Å². The van der Waals surface area contributed by atoms with Gasteiger partial charge in [-0.2, -0.15) is 4.98 Å². The van der Waals surface area contributed by atoms with E-state index in [1.54, 1.807) is 12.1 Å². The van der Waals surface area contributed by atoms with Gasteiger partial charge in [-0.3, -0.25) is 0 Å². The third kappa shape index (κ3) is 2.64. The van der Waals surface area contributed by atoms with Gasteiger partial charge < -0.3 is 14.9 Å². The highest BCUT2D eigenvalue weighted by atomic mass is 19.1. The van der Waals surface area contributed by atoms with Gasteiger partial charge in [-0.25, -0.2) is 9.18 Å². The van der Waals surface area contributed by atoms with Crippen molar-refractivity contribution >= 4 is 6.09 Å². The van der Waals surface area contributed by atoms with E-state index >= 15 is 0 Å². The molecule has 3 rings (SSSR count). The first-order valence-electron chi connectivity index (χ1n) is 7.83. The highest BCUT2D eigenvalue weighted by Crippen LogP contribution is 2.54. The summed E-state index contributed by atoms with van der Waals surface area (Å²) in [7, 11) is 0. The zero-order valence-corrected chi connectivity index (χ0v) is 13.8. The molecule has 7 heteroatoms. The molecule has 0 unspecified atom stereocenters. The fraction of sp³-hybridized carbons (Fsp3) is 0.471. The van der Waals surface area contributed by atoms with Crippen molar-refractivity contribution in [3.05, 3.63) is 36.0 Å². The van der Waals surface area contributed by atoms with Gasteiger partial charge in [0.2, 0.25) is 11.7 Å². The van der Waals surface area contributed by atoms with Crippen LogP contribution in [0.5, 0.6) is 0 Å². The van der Waals surface area contributed by atoms with Gasteiger partial charge in [-0.15, -0.1) is 0 Å². The molecule has 1 aliphatic rings. The van der Waals surface area contributed by atoms with Gasteiger partial charge in [0.15, 0.2) is 0 Å². The van der Waals surface area contributed by atoms with Crippen LogP contribution in [0.4, 0.5) is 9.18 Å². The van der Waals surface area contributed by atoms with Crippen molar-refractivity contribution in [2.24, 2.45) is 5.41 Å². The normalized spacial score (nSPS) is 25.6. The predicted octanol–water partition coefficient (Wildman–Crippen LogP) is 3.81. The zero-order valence-electron chi connectivity index (χ0n) is 13.8. The maximum atomic E-state index is 13.0. The molecule has 6 nitrogen and oxygen atoms in total. The van der Waals surface area contributed by atoms with Crippen LogP contribution in [0.1, 0.15) is 45.4 Å². The lowest BCUT2D eigenvalue weighted by Gasteiger charge is -2.40. The Morgan fingerprint density at radius 2 is 2.00 bits per heavy atom. The van der Waals surface area contributed by atoms with Crippen molar-refractivity contribution in [2.75, 3.05) is 0 Å².